The van der Waals surface area contributed by atoms with Crippen LogP contribution in [0.3, 0.4) is 0 Å². The van der Waals surface area contributed by atoms with Crippen molar-refractivity contribution in [3.63, 3.8) is 0 Å². The Morgan fingerprint density at radius 1 is 0.739 bits per heavy atom. The van der Waals surface area contributed by atoms with E-state index in [0.29, 0.717) is 0 Å². The van der Waals surface area contributed by atoms with E-state index >= 15 is 0 Å². The van der Waals surface area contributed by atoms with Crippen molar-refractivity contribution >= 4 is 5.90 Å². The molecular formula is C21H24NO+. The van der Waals surface area contributed by atoms with E-state index in [9.17, 15) is 0 Å². The molecule has 0 bridgehead atoms. The van der Waals surface area contributed by atoms with Gasteiger partial charge in [-0.25, -0.2) is 4.58 Å². The Bertz CT molecular complexity index is 643. The van der Waals surface area contributed by atoms with Crippen molar-refractivity contribution in [1.29, 1.82) is 0 Å². The van der Waals surface area contributed by atoms with Crippen LogP contribution >= 0.6 is 0 Å². The van der Waals surface area contributed by atoms with Crippen LogP contribution in [0.15, 0.2) is 60.7 Å². The Kier molecular flexibility index (Phi) is 3.90. The van der Waals surface area contributed by atoms with Crippen LogP contribution in [0.4, 0.5) is 0 Å². The molecule has 2 heteroatoms. The van der Waals surface area contributed by atoms with Crippen LogP contribution in [0.2, 0.25) is 0 Å². The zero-order valence-corrected chi connectivity index (χ0v) is 13.6. The molecule has 0 atom stereocenters. The van der Waals surface area contributed by atoms with Gasteiger partial charge in [0.1, 0.15) is 18.5 Å². The minimum atomic E-state index is -0.125. The van der Waals surface area contributed by atoms with Crippen molar-refractivity contribution < 1.29 is 9.31 Å². The molecule has 2 aromatic carbocycles. The molecule has 0 aliphatic carbocycles. The van der Waals surface area contributed by atoms with Crippen molar-refractivity contribution in [1.82, 2.24) is 0 Å². The van der Waals surface area contributed by atoms with Crippen LogP contribution in [0.5, 0.6) is 0 Å². The zero-order valence-electron chi connectivity index (χ0n) is 13.6. The minimum Gasteiger partial charge on any atom is -0.447 e. The Balaban J connectivity index is 1.92. The predicted molar refractivity (Wildman–Crippen MR) is 93.1 cm³/mol. The maximum atomic E-state index is 6.26. The lowest BCUT2D eigenvalue weighted by molar-refractivity contribution is -0.546. The second-order valence-corrected chi connectivity index (χ2v) is 6.59. The van der Waals surface area contributed by atoms with E-state index in [0.717, 1.165) is 26.1 Å². The molecule has 0 unspecified atom stereocenters. The summed E-state index contributed by atoms with van der Waals surface area (Å²) in [6.07, 6.45) is 4.90. The van der Waals surface area contributed by atoms with Crippen molar-refractivity contribution in [3.8, 4) is 0 Å². The summed E-state index contributed by atoms with van der Waals surface area (Å²) in [4.78, 5) is 0. The molecule has 0 radical (unpaired) electrons. The fourth-order valence-corrected chi connectivity index (χ4v) is 4.14. The summed E-state index contributed by atoms with van der Waals surface area (Å²) in [7, 11) is 0. The second-order valence-electron chi connectivity index (χ2n) is 6.59. The quantitative estimate of drug-likeness (QED) is 0.764. The van der Waals surface area contributed by atoms with E-state index in [2.05, 4.69) is 65.2 Å². The molecule has 2 heterocycles. The molecular weight excluding hydrogens is 282 g/mol. The average molecular weight is 306 g/mol. The van der Waals surface area contributed by atoms with Crippen molar-refractivity contribution in [3.05, 3.63) is 71.8 Å². The van der Waals surface area contributed by atoms with Crippen LogP contribution in [0.25, 0.3) is 0 Å². The molecule has 0 N–H and O–H groups in total. The summed E-state index contributed by atoms with van der Waals surface area (Å²) >= 11 is 0. The summed E-state index contributed by atoms with van der Waals surface area (Å²) in [6.45, 7) is 3.04. The number of rotatable bonds is 2. The van der Waals surface area contributed by atoms with Gasteiger partial charge in [0.25, 0.3) is 0 Å². The number of hydrogen-bond donors (Lipinski definition) is 0. The first-order chi connectivity index (χ1) is 11.4. The summed E-state index contributed by atoms with van der Waals surface area (Å²) in [5.74, 6) is 1.18. The molecule has 118 valence electrons. The van der Waals surface area contributed by atoms with Gasteiger partial charge in [0.05, 0.1) is 6.61 Å². The van der Waals surface area contributed by atoms with Gasteiger partial charge in [0, 0.05) is 19.3 Å². The van der Waals surface area contributed by atoms with Gasteiger partial charge in [-0.1, -0.05) is 60.7 Å². The molecule has 2 aliphatic heterocycles. The van der Waals surface area contributed by atoms with Gasteiger partial charge in [-0.3, -0.25) is 0 Å². The van der Waals surface area contributed by atoms with E-state index < -0.39 is 0 Å². The third-order valence-electron chi connectivity index (χ3n) is 5.26. The third kappa shape index (κ3) is 2.46. The molecule has 2 nitrogen and oxygen atoms in total. The van der Waals surface area contributed by atoms with E-state index in [1.54, 1.807) is 0 Å². The van der Waals surface area contributed by atoms with Crippen LogP contribution in [-0.4, -0.2) is 30.2 Å². The summed E-state index contributed by atoms with van der Waals surface area (Å²) in [6, 6.07) is 21.8. The first-order valence-corrected chi connectivity index (χ1v) is 8.77. The van der Waals surface area contributed by atoms with Gasteiger partial charge < -0.3 is 4.74 Å². The molecule has 0 amide bonds. The standard InChI is InChI=1S/C21H24NO/c1-4-10-18(11-5-1)21(19-12-6-2-7-13-19)14-17-23-20(21)22-15-8-3-9-16-22/h1-2,4-7,10-13H,3,8-9,14-17H2/q+1. The third-order valence-corrected chi connectivity index (χ3v) is 5.26. The highest BCUT2D eigenvalue weighted by Crippen LogP contribution is 2.41. The van der Waals surface area contributed by atoms with Crippen molar-refractivity contribution in [2.75, 3.05) is 19.7 Å². The lowest BCUT2D eigenvalue weighted by Gasteiger charge is -2.27. The van der Waals surface area contributed by atoms with Crippen molar-refractivity contribution in [2.24, 2.45) is 0 Å². The molecule has 2 aromatic rings. The highest BCUT2D eigenvalue weighted by molar-refractivity contribution is 5.90. The fourth-order valence-electron chi connectivity index (χ4n) is 4.14. The first kappa shape index (κ1) is 14.5. The lowest BCUT2D eigenvalue weighted by atomic mass is 9.73. The highest BCUT2D eigenvalue weighted by Gasteiger charge is 2.51. The average Bonchev–Trinajstić information content (AvgIpc) is 3.10. The van der Waals surface area contributed by atoms with Crippen LogP contribution in [-0.2, 0) is 10.2 Å². The summed E-state index contributed by atoms with van der Waals surface area (Å²) in [5.41, 5.74) is 2.58. The summed E-state index contributed by atoms with van der Waals surface area (Å²) < 4.78 is 8.76. The zero-order chi connectivity index (χ0) is 15.5. The van der Waals surface area contributed by atoms with Gasteiger partial charge in [-0.2, -0.15) is 0 Å². The minimum absolute atomic E-state index is 0.125. The largest absolute Gasteiger partial charge is 0.447 e. The lowest BCUT2D eigenvalue weighted by Crippen LogP contribution is -2.41. The maximum Gasteiger partial charge on any atom is 0.351 e. The number of hydrogen-bond acceptors (Lipinski definition) is 1. The highest BCUT2D eigenvalue weighted by atomic mass is 16.5. The Morgan fingerprint density at radius 2 is 1.30 bits per heavy atom. The van der Waals surface area contributed by atoms with Gasteiger partial charge in [-0.15, -0.1) is 0 Å². The monoisotopic (exact) mass is 306 g/mol. The van der Waals surface area contributed by atoms with Crippen LogP contribution in [0.1, 0.15) is 36.8 Å². The SMILES string of the molecule is c1ccc(C2(c3ccccc3)CCOC2=[N+]2CCCCC2)cc1. The number of benzene rings is 2. The topological polar surface area (TPSA) is 12.2 Å². The first-order valence-electron chi connectivity index (χ1n) is 8.77. The normalized spacial score (nSPS) is 20.3. The molecule has 23 heavy (non-hydrogen) atoms. The second kappa shape index (κ2) is 6.19. The Labute approximate surface area is 138 Å². The van der Waals surface area contributed by atoms with Gasteiger partial charge in [0.15, 0.2) is 0 Å². The van der Waals surface area contributed by atoms with E-state index in [1.165, 1.54) is 36.3 Å². The van der Waals surface area contributed by atoms with Gasteiger partial charge in [-0.05, 0) is 17.5 Å². The van der Waals surface area contributed by atoms with Gasteiger partial charge in [0.2, 0.25) is 0 Å². The molecule has 2 fully saturated rings. The fraction of sp³-hybridized carbons (Fsp3) is 0.381. The van der Waals surface area contributed by atoms with Crippen molar-refractivity contribution in [2.45, 2.75) is 31.1 Å². The molecule has 4 rings (SSSR count). The van der Waals surface area contributed by atoms with E-state index in [4.69, 9.17) is 4.74 Å². The Hall–Kier alpha value is -2.09. The van der Waals surface area contributed by atoms with E-state index in [-0.39, 0.29) is 5.41 Å². The molecule has 0 spiro atoms. The Morgan fingerprint density at radius 3 is 1.87 bits per heavy atom. The summed E-state index contributed by atoms with van der Waals surface area (Å²) in [5, 5.41) is 0. The van der Waals surface area contributed by atoms with E-state index in [1.807, 2.05) is 0 Å². The molecule has 2 aliphatic rings. The van der Waals surface area contributed by atoms with Gasteiger partial charge >= 0.3 is 5.90 Å². The van der Waals surface area contributed by atoms with Crippen LogP contribution < -0.4 is 0 Å². The number of ether oxygens (including phenoxy) is 1. The number of nitrogens with zero attached hydrogens (tertiary/aromatic N) is 1. The molecule has 0 aromatic heterocycles. The number of piperidine rings is 1. The molecule has 2 saturated heterocycles. The molecule has 0 saturated carbocycles. The predicted octanol–water partition coefficient (Wildman–Crippen LogP) is 3.99. The van der Waals surface area contributed by atoms with Crippen LogP contribution in [0, 0.1) is 0 Å². The smallest absolute Gasteiger partial charge is 0.351 e. The maximum absolute atomic E-state index is 6.26.